The van der Waals surface area contributed by atoms with Crippen LogP contribution in [0.5, 0.6) is 0 Å². The molecular formula is C20H29N3O3. The van der Waals surface area contributed by atoms with Crippen LogP contribution in [0.15, 0.2) is 11.6 Å². The van der Waals surface area contributed by atoms with E-state index < -0.39 is 12.6 Å². The molecule has 26 heavy (non-hydrogen) atoms. The van der Waals surface area contributed by atoms with E-state index in [0.717, 1.165) is 29.9 Å². The number of amides is 1. The number of esters is 1. The van der Waals surface area contributed by atoms with E-state index in [2.05, 4.69) is 23.7 Å². The quantitative estimate of drug-likeness (QED) is 0.439. The highest BCUT2D eigenvalue weighted by Gasteiger charge is 2.16. The van der Waals surface area contributed by atoms with E-state index in [0.29, 0.717) is 5.92 Å². The van der Waals surface area contributed by atoms with Crippen molar-refractivity contribution in [3.05, 3.63) is 28.6 Å². The predicted molar refractivity (Wildman–Crippen MR) is 101 cm³/mol. The molecule has 0 bridgehead atoms. The van der Waals surface area contributed by atoms with Gasteiger partial charge in [-0.1, -0.05) is 20.8 Å². The number of aromatic nitrogens is 1. The molecule has 0 unspecified atom stereocenters. The zero-order chi connectivity index (χ0) is 19.9. The van der Waals surface area contributed by atoms with Crippen LogP contribution >= 0.6 is 0 Å². The average molecular weight is 359 g/mol. The topological polar surface area (TPSA) is 84.1 Å². The molecule has 1 aromatic rings. The van der Waals surface area contributed by atoms with Crippen molar-refractivity contribution in [1.82, 2.24) is 9.88 Å². The summed E-state index contributed by atoms with van der Waals surface area (Å²) in [7, 11) is 0. The van der Waals surface area contributed by atoms with Gasteiger partial charge in [-0.25, -0.2) is 4.79 Å². The van der Waals surface area contributed by atoms with E-state index in [4.69, 9.17) is 4.74 Å². The van der Waals surface area contributed by atoms with Gasteiger partial charge in [0, 0.05) is 24.0 Å². The number of nitrogens with one attached hydrogen (secondary N) is 1. The number of ether oxygens (including phenoxy) is 1. The van der Waals surface area contributed by atoms with Crippen LogP contribution in [0, 0.1) is 31.1 Å². The second-order valence-corrected chi connectivity index (χ2v) is 6.95. The maximum Gasteiger partial charge on any atom is 0.349 e. The van der Waals surface area contributed by atoms with E-state index >= 15 is 0 Å². The first-order valence-corrected chi connectivity index (χ1v) is 8.94. The molecule has 142 valence electrons. The van der Waals surface area contributed by atoms with Gasteiger partial charge in [0.1, 0.15) is 11.6 Å². The van der Waals surface area contributed by atoms with Crippen LogP contribution in [0.4, 0.5) is 0 Å². The molecule has 0 aromatic carbocycles. The second-order valence-electron chi connectivity index (χ2n) is 6.95. The number of hydrogen-bond donors (Lipinski definition) is 1. The lowest BCUT2D eigenvalue weighted by Crippen LogP contribution is -2.35. The van der Waals surface area contributed by atoms with Gasteiger partial charge >= 0.3 is 5.97 Å². The van der Waals surface area contributed by atoms with Gasteiger partial charge in [-0.3, -0.25) is 4.79 Å². The highest BCUT2D eigenvalue weighted by atomic mass is 16.5. The summed E-state index contributed by atoms with van der Waals surface area (Å²) in [6.45, 7) is 12.5. The molecule has 1 aromatic heterocycles. The summed E-state index contributed by atoms with van der Waals surface area (Å²) in [4.78, 5) is 23.8. The number of nitriles is 1. The van der Waals surface area contributed by atoms with E-state index in [-0.39, 0.29) is 17.5 Å². The summed E-state index contributed by atoms with van der Waals surface area (Å²) < 4.78 is 7.13. The minimum Gasteiger partial charge on any atom is -0.451 e. The first-order chi connectivity index (χ1) is 12.2. The molecule has 1 N–H and O–H groups in total. The largest absolute Gasteiger partial charge is 0.451 e. The van der Waals surface area contributed by atoms with Gasteiger partial charge < -0.3 is 14.6 Å². The summed E-state index contributed by atoms with van der Waals surface area (Å²) in [5, 5.41) is 12.0. The SMILES string of the molecule is CC[C@H](C)NC(=O)COC(=O)/C(C#N)=C/c1cc(C)n(CC(C)C)c1C. The van der Waals surface area contributed by atoms with Crippen LogP contribution < -0.4 is 5.32 Å². The number of carbonyl (C=O) groups is 2. The van der Waals surface area contributed by atoms with Crippen molar-refractivity contribution in [1.29, 1.82) is 5.26 Å². The molecule has 0 radical (unpaired) electrons. The number of nitrogens with zero attached hydrogens (tertiary/aromatic N) is 2. The fourth-order valence-electron chi connectivity index (χ4n) is 2.54. The second kappa shape index (κ2) is 9.81. The summed E-state index contributed by atoms with van der Waals surface area (Å²) in [6, 6.07) is 3.82. The molecule has 0 aliphatic carbocycles. The van der Waals surface area contributed by atoms with Crippen molar-refractivity contribution >= 4 is 18.0 Å². The third-order valence-corrected chi connectivity index (χ3v) is 4.15. The summed E-state index contributed by atoms with van der Waals surface area (Å²) in [6.07, 6.45) is 2.31. The Bertz CT molecular complexity index is 723. The van der Waals surface area contributed by atoms with Crippen molar-refractivity contribution in [2.75, 3.05) is 6.61 Å². The Morgan fingerprint density at radius 2 is 2.00 bits per heavy atom. The lowest BCUT2D eigenvalue weighted by atomic mass is 10.1. The van der Waals surface area contributed by atoms with Crippen molar-refractivity contribution in [3.63, 3.8) is 0 Å². The summed E-state index contributed by atoms with van der Waals surface area (Å²) in [5.74, 6) is -0.679. The molecular weight excluding hydrogens is 330 g/mol. The van der Waals surface area contributed by atoms with Crippen LogP contribution in [0.1, 0.15) is 51.1 Å². The van der Waals surface area contributed by atoms with E-state index in [1.165, 1.54) is 6.08 Å². The van der Waals surface area contributed by atoms with Gasteiger partial charge in [-0.05, 0) is 50.8 Å². The number of aryl methyl sites for hydroxylation is 1. The monoisotopic (exact) mass is 359 g/mol. The number of rotatable bonds is 8. The maximum absolute atomic E-state index is 12.1. The van der Waals surface area contributed by atoms with Crippen LogP contribution in [0.25, 0.3) is 6.08 Å². The molecule has 1 atom stereocenters. The van der Waals surface area contributed by atoms with Gasteiger partial charge in [0.25, 0.3) is 5.91 Å². The van der Waals surface area contributed by atoms with Gasteiger partial charge in [-0.15, -0.1) is 0 Å². The molecule has 0 aliphatic heterocycles. The average Bonchev–Trinajstić information content (AvgIpc) is 2.84. The van der Waals surface area contributed by atoms with E-state index in [9.17, 15) is 14.9 Å². The molecule has 0 fully saturated rings. The zero-order valence-corrected chi connectivity index (χ0v) is 16.5. The Labute approximate surface area is 155 Å². The molecule has 6 nitrogen and oxygen atoms in total. The Morgan fingerprint density at radius 3 is 2.54 bits per heavy atom. The van der Waals surface area contributed by atoms with Crippen molar-refractivity contribution < 1.29 is 14.3 Å². The minimum atomic E-state index is -0.791. The van der Waals surface area contributed by atoms with Crippen LogP contribution in [-0.4, -0.2) is 29.1 Å². The molecule has 1 rings (SSSR count). The fourth-order valence-corrected chi connectivity index (χ4v) is 2.54. The molecule has 0 saturated heterocycles. The highest BCUT2D eigenvalue weighted by molar-refractivity contribution is 5.99. The lowest BCUT2D eigenvalue weighted by molar-refractivity contribution is -0.144. The van der Waals surface area contributed by atoms with Crippen LogP contribution in [-0.2, 0) is 20.9 Å². The first-order valence-electron chi connectivity index (χ1n) is 8.94. The number of carbonyl (C=O) groups excluding carboxylic acids is 2. The Balaban J connectivity index is 2.87. The standard InChI is InChI=1S/C20H29N3O3/c1-7-14(4)22-19(24)12-26-20(25)18(10-21)9-17-8-15(5)23(16(17)6)11-13(2)3/h8-9,13-14H,7,11-12H2,1-6H3,(H,22,24)/b18-9+/t14-/m0/s1. The van der Waals surface area contributed by atoms with E-state index in [1.807, 2.05) is 39.8 Å². The van der Waals surface area contributed by atoms with E-state index in [1.54, 1.807) is 0 Å². The molecule has 0 aliphatic rings. The Kier molecular flexibility index (Phi) is 8.11. The number of hydrogen-bond acceptors (Lipinski definition) is 4. The predicted octanol–water partition coefficient (Wildman–Crippen LogP) is 3.13. The molecule has 1 heterocycles. The van der Waals surface area contributed by atoms with Crippen LogP contribution in [0.2, 0.25) is 0 Å². The Morgan fingerprint density at radius 1 is 1.35 bits per heavy atom. The fraction of sp³-hybridized carbons (Fsp3) is 0.550. The molecule has 1 amide bonds. The third-order valence-electron chi connectivity index (χ3n) is 4.15. The summed E-state index contributed by atoms with van der Waals surface area (Å²) >= 11 is 0. The molecule has 0 spiro atoms. The van der Waals surface area contributed by atoms with Crippen molar-refractivity contribution in [3.8, 4) is 6.07 Å². The van der Waals surface area contributed by atoms with Gasteiger partial charge in [0.15, 0.2) is 6.61 Å². The van der Waals surface area contributed by atoms with Gasteiger partial charge in [0.05, 0.1) is 0 Å². The third kappa shape index (κ3) is 6.07. The minimum absolute atomic E-state index is 0.0125. The smallest absolute Gasteiger partial charge is 0.349 e. The first kappa shape index (κ1) is 21.5. The zero-order valence-electron chi connectivity index (χ0n) is 16.5. The summed E-state index contributed by atoms with van der Waals surface area (Å²) in [5.41, 5.74) is 2.75. The molecule has 6 heteroatoms. The highest BCUT2D eigenvalue weighted by Crippen LogP contribution is 2.20. The lowest BCUT2D eigenvalue weighted by Gasteiger charge is -2.12. The normalized spacial score (nSPS) is 12.6. The maximum atomic E-state index is 12.1. The van der Waals surface area contributed by atoms with Crippen molar-refractivity contribution in [2.24, 2.45) is 5.92 Å². The Hall–Kier alpha value is -2.55. The van der Waals surface area contributed by atoms with Crippen LogP contribution in [0.3, 0.4) is 0 Å². The van der Waals surface area contributed by atoms with Gasteiger partial charge in [0.2, 0.25) is 0 Å². The molecule has 0 saturated carbocycles. The van der Waals surface area contributed by atoms with Crippen molar-refractivity contribution in [2.45, 2.75) is 60.5 Å². The van der Waals surface area contributed by atoms with Gasteiger partial charge in [-0.2, -0.15) is 5.26 Å².